The summed E-state index contributed by atoms with van der Waals surface area (Å²) in [5, 5.41) is 12.1. The number of carbonyl (C=O) groups excluding carboxylic acids is 2. The Hall–Kier alpha value is -3.87. The normalized spacial score (nSPS) is 15.8. The van der Waals surface area contributed by atoms with Crippen molar-refractivity contribution in [3.63, 3.8) is 0 Å². The van der Waals surface area contributed by atoms with Crippen molar-refractivity contribution in [1.29, 1.82) is 0 Å². The molecule has 3 amide bonds. The zero-order chi connectivity index (χ0) is 24.9. The number of hydroxylamine groups is 2. The average Bonchev–Trinajstić information content (AvgIpc) is 3.42. The lowest BCUT2D eigenvalue weighted by Gasteiger charge is -2.15. The number of anilines is 1. The maximum atomic E-state index is 14.4. The number of nitrogens with zero attached hydrogens (tertiary/aromatic N) is 4. The summed E-state index contributed by atoms with van der Waals surface area (Å²) in [6.07, 6.45) is 1.32. The Morgan fingerprint density at radius 3 is 2.77 bits per heavy atom. The molecule has 12 heteroatoms. The minimum Gasteiger partial charge on any atom is -0.383 e. The number of primary amides is 1. The number of hydrogen-bond acceptors (Lipinski definition) is 7. The van der Waals surface area contributed by atoms with Gasteiger partial charge in [-0.15, -0.1) is 0 Å². The SMILES string of the molecule is COCCN1C[C@@H](NC(=O)Nc2c(C)c(-c3cnc(C(N)=O)c(F)c3)nn2-c2ccccc2)CO1. The molecule has 0 radical (unpaired) electrons. The summed E-state index contributed by atoms with van der Waals surface area (Å²) in [6.45, 7) is 3.74. The molecule has 35 heavy (non-hydrogen) atoms. The number of benzene rings is 1. The number of urea groups is 1. The van der Waals surface area contributed by atoms with Gasteiger partial charge in [-0.05, 0) is 25.1 Å². The third-order valence-corrected chi connectivity index (χ3v) is 5.47. The fourth-order valence-electron chi connectivity index (χ4n) is 3.73. The Morgan fingerprint density at radius 2 is 2.09 bits per heavy atom. The van der Waals surface area contributed by atoms with Crippen LogP contribution >= 0.6 is 0 Å². The zero-order valence-electron chi connectivity index (χ0n) is 19.3. The van der Waals surface area contributed by atoms with Gasteiger partial charge in [0.15, 0.2) is 11.5 Å². The fourth-order valence-corrected chi connectivity index (χ4v) is 3.73. The molecule has 3 aromatic rings. The van der Waals surface area contributed by atoms with Crippen LogP contribution in [0.4, 0.5) is 15.0 Å². The molecule has 0 saturated carbocycles. The summed E-state index contributed by atoms with van der Waals surface area (Å²) >= 11 is 0. The predicted octanol–water partition coefficient (Wildman–Crippen LogP) is 1.86. The summed E-state index contributed by atoms with van der Waals surface area (Å²) in [5.74, 6) is -1.41. The predicted molar refractivity (Wildman–Crippen MR) is 125 cm³/mol. The van der Waals surface area contributed by atoms with Gasteiger partial charge in [0.2, 0.25) is 0 Å². The highest BCUT2D eigenvalue weighted by molar-refractivity contribution is 5.92. The lowest BCUT2D eigenvalue weighted by atomic mass is 10.1. The zero-order valence-corrected chi connectivity index (χ0v) is 19.3. The maximum Gasteiger partial charge on any atom is 0.320 e. The highest BCUT2D eigenvalue weighted by Gasteiger charge is 2.26. The molecule has 4 N–H and O–H groups in total. The van der Waals surface area contributed by atoms with Gasteiger partial charge in [-0.25, -0.2) is 18.9 Å². The third-order valence-electron chi connectivity index (χ3n) is 5.47. The molecule has 4 rings (SSSR count). The van der Waals surface area contributed by atoms with Crippen molar-refractivity contribution in [3.05, 3.63) is 59.7 Å². The molecule has 0 spiro atoms. The van der Waals surface area contributed by atoms with Crippen LogP contribution in [-0.2, 0) is 9.57 Å². The number of rotatable bonds is 8. The number of pyridine rings is 1. The van der Waals surface area contributed by atoms with E-state index in [1.807, 2.05) is 30.3 Å². The first-order valence-electron chi connectivity index (χ1n) is 10.9. The van der Waals surface area contributed by atoms with E-state index < -0.39 is 23.4 Å². The Kier molecular flexibility index (Phi) is 7.34. The van der Waals surface area contributed by atoms with Crippen LogP contribution in [0.15, 0.2) is 42.6 Å². The van der Waals surface area contributed by atoms with Gasteiger partial charge >= 0.3 is 6.03 Å². The molecule has 1 aliphatic heterocycles. The molecule has 1 fully saturated rings. The van der Waals surface area contributed by atoms with Crippen LogP contribution in [0.25, 0.3) is 16.9 Å². The Morgan fingerprint density at radius 1 is 1.31 bits per heavy atom. The molecule has 0 bridgehead atoms. The van der Waals surface area contributed by atoms with E-state index >= 15 is 0 Å². The van der Waals surface area contributed by atoms with E-state index in [1.165, 1.54) is 6.20 Å². The summed E-state index contributed by atoms with van der Waals surface area (Å²) in [6, 6.07) is 9.68. The number of carbonyl (C=O) groups is 2. The number of amides is 3. The first kappa shape index (κ1) is 24.3. The first-order valence-corrected chi connectivity index (χ1v) is 10.9. The number of nitrogens with one attached hydrogen (secondary N) is 2. The third kappa shape index (κ3) is 5.45. The molecule has 11 nitrogen and oxygen atoms in total. The van der Waals surface area contributed by atoms with E-state index in [4.69, 9.17) is 15.3 Å². The highest BCUT2D eigenvalue weighted by atomic mass is 19.1. The second-order valence-corrected chi connectivity index (χ2v) is 7.96. The molecule has 0 aliphatic carbocycles. The number of ether oxygens (including phenoxy) is 1. The Bertz CT molecular complexity index is 1220. The second-order valence-electron chi connectivity index (χ2n) is 7.96. The lowest BCUT2D eigenvalue weighted by Crippen LogP contribution is -2.41. The second kappa shape index (κ2) is 10.6. The fraction of sp³-hybridized carbons (Fsp3) is 0.304. The number of aromatic nitrogens is 3. The molecule has 1 aromatic carbocycles. The van der Waals surface area contributed by atoms with Crippen LogP contribution < -0.4 is 16.4 Å². The van der Waals surface area contributed by atoms with Gasteiger partial charge in [0.25, 0.3) is 5.91 Å². The smallest absolute Gasteiger partial charge is 0.320 e. The van der Waals surface area contributed by atoms with E-state index in [-0.39, 0.29) is 6.04 Å². The monoisotopic (exact) mass is 483 g/mol. The average molecular weight is 484 g/mol. The summed E-state index contributed by atoms with van der Waals surface area (Å²) in [7, 11) is 1.61. The number of halogens is 1. The number of para-hydroxylation sites is 1. The maximum absolute atomic E-state index is 14.4. The van der Waals surface area contributed by atoms with E-state index in [9.17, 15) is 14.0 Å². The van der Waals surface area contributed by atoms with Gasteiger partial charge in [0.1, 0.15) is 5.82 Å². The molecule has 1 saturated heterocycles. The standard InChI is InChI=1S/C23H26FN7O4/c1-14-19(15-10-18(24)20(21(25)32)26-11-15)29-31(17-6-4-3-5-7-17)22(14)28-23(33)27-16-12-30(35-13-16)8-9-34-2/h3-7,10-11,16H,8-9,12-13H2,1-2H3,(H2,25,32)(H2,27,28,33)/t16-/m1/s1. The summed E-state index contributed by atoms with van der Waals surface area (Å²) < 4.78 is 21.0. The number of hydrogen-bond donors (Lipinski definition) is 3. The van der Waals surface area contributed by atoms with Crippen molar-refractivity contribution < 1.29 is 23.6 Å². The van der Waals surface area contributed by atoms with Crippen molar-refractivity contribution in [1.82, 2.24) is 25.1 Å². The van der Waals surface area contributed by atoms with Crippen molar-refractivity contribution in [2.24, 2.45) is 5.73 Å². The van der Waals surface area contributed by atoms with Gasteiger partial charge in [-0.1, -0.05) is 18.2 Å². The molecule has 2 aromatic heterocycles. The minimum atomic E-state index is -0.962. The van der Waals surface area contributed by atoms with Crippen molar-refractivity contribution in [2.45, 2.75) is 13.0 Å². The molecular weight excluding hydrogens is 457 g/mol. The largest absolute Gasteiger partial charge is 0.383 e. The van der Waals surface area contributed by atoms with Crippen LogP contribution in [0.2, 0.25) is 0 Å². The van der Waals surface area contributed by atoms with E-state index in [1.54, 1.807) is 23.8 Å². The van der Waals surface area contributed by atoms with Crippen LogP contribution in [0.3, 0.4) is 0 Å². The van der Waals surface area contributed by atoms with Gasteiger partial charge in [0.05, 0.1) is 30.6 Å². The van der Waals surface area contributed by atoms with Crippen molar-refractivity contribution in [3.8, 4) is 16.9 Å². The van der Waals surface area contributed by atoms with Gasteiger partial charge in [-0.2, -0.15) is 10.2 Å². The van der Waals surface area contributed by atoms with Crippen LogP contribution in [-0.4, -0.2) is 71.2 Å². The Balaban J connectivity index is 1.60. The number of methoxy groups -OCH3 is 1. The Labute approximate surface area is 201 Å². The molecule has 1 aliphatic rings. The lowest BCUT2D eigenvalue weighted by molar-refractivity contribution is -0.118. The molecule has 0 unspecified atom stereocenters. The summed E-state index contributed by atoms with van der Waals surface area (Å²) in [5.41, 5.74) is 6.70. The van der Waals surface area contributed by atoms with E-state index in [0.717, 1.165) is 6.07 Å². The molecule has 3 heterocycles. The molecule has 184 valence electrons. The minimum absolute atomic E-state index is 0.209. The van der Waals surface area contributed by atoms with E-state index in [2.05, 4.69) is 20.7 Å². The molecule has 1 atom stereocenters. The van der Waals surface area contributed by atoms with Crippen molar-refractivity contribution in [2.75, 3.05) is 38.7 Å². The van der Waals surface area contributed by atoms with Crippen LogP contribution in [0, 0.1) is 12.7 Å². The topological polar surface area (TPSA) is 137 Å². The van der Waals surface area contributed by atoms with E-state index in [0.29, 0.717) is 54.6 Å². The van der Waals surface area contributed by atoms with Crippen molar-refractivity contribution >= 4 is 17.8 Å². The summed E-state index contributed by atoms with van der Waals surface area (Å²) in [4.78, 5) is 33.6. The molecular formula is C23H26FN7O4. The van der Waals surface area contributed by atoms with Gasteiger partial charge < -0.3 is 15.8 Å². The number of nitrogens with two attached hydrogens (primary N) is 1. The van der Waals surface area contributed by atoms with Crippen LogP contribution in [0.5, 0.6) is 0 Å². The van der Waals surface area contributed by atoms with Gasteiger partial charge in [-0.3, -0.25) is 14.9 Å². The van der Waals surface area contributed by atoms with Crippen LogP contribution in [0.1, 0.15) is 16.1 Å². The highest BCUT2D eigenvalue weighted by Crippen LogP contribution is 2.30. The quantitative estimate of drug-likeness (QED) is 0.445. The first-order chi connectivity index (χ1) is 16.9. The van der Waals surface area contributed by atoms with Gasteiger partial charge in [0, 0.05) is 37.5 Å².